The molecule has 0 amide bonds. The van der Waals surface area contributed by atoms with Crippen molar-refractivity contribution in [2.45, 2.75) is 19.3 Å². The molecule has 0 aliphatic heterocycles. The minimum atomic E-state index is -3.33. The summed E-state index contributed by atoms with van der Waals surface area (Å²) in [4.78, 5) is 11.6. The molecule has 0 aliphatic rings. The van der Waals surface area contributed by atoms with Crippen molar-refractivity contribution in [1.29, 1.82) is 0 Å². The van der Waals surface area contributed by atoms with Crippen LogP contribution >= 0.6 is 0 Å². The molecule has 100 valence electrons. The molecule has 0 spiro atoms. The van der Waals surface area contributed by atoms with E-state index in [0.29, 0.717) is 0 Å². The van der Waals surface area contributed by atoms with Crippen LogP contribution in [-0.2, 0) is 14.6 Å². The Morgan fingerprint density at radius 3 is 2.50 bits per heavy atom. The van der Waals surface area contributed by atoms with E-state index >= 15 is 0 Å². The van der Waals surface area contributed by atoms with Gasteiger partial charge in [0.05, 0.1) is 6.61 Å². The second-order valence-corrected chi connectivity index (χ2v) is 6.05. The van der Waals surface area contributed by atoms with Crippen molar-refractivity contribution in [3.63, 3.8) is 0 Å². The normalized spacial score (nSPS) is 12.8. The Morgan fingerprint density at radius 2 is 1.94 bits per heavy atom. The lowest BCUT2D eigenvalue weighted by molar-refractivity contribution is 0.0521. The second-order valence-electron chi connectivity index (χ2n) is 3.73. The van der Waals surface area contributed by atoms with E-state index in [2.05, 4.69) is 0 Å². The van der Waals surface area contributed by atoms with Gasteiger partial charge in [0, 0.05) is 6.26 Å². The fourth-order valence-corrected chi connectivity index (χ4v) is 1.49. The van der Waals surface area contributed by atoms with Gasteiger partial charge in [0.15, 0.2) is 15.3 Å². The third-order valence-electron chi connectivity index (χ3n) is 2.28. The van der Waals surface area contributed by atoms with E-state index in [1.54, 1.807) is 19.1 Å². The van der Waals surface area contributed by atoms with Crippen molar-refractivity contribution in [3.8, 4) is 5.75 Å². The molecule has 1 rings (SSSR count). The molecule has 5 nitrogen and oxygen atoms in total. The molecule has 6 heteroatoms. The molecular weight excluding hydrogens is 256 g/mol. The molecule has 1 atom stereocenters. The zero-order valence-electron chi connectivity index (χ0n) is 10.5. The van der Waals surface area contributed by atoms with Gasteiger partial charge in [-0.05, 0) is 26.0 Å². The Balaban J connectivity index is 2.99. The summed E-state index contributed by atoms with van der Waals surface area (Å²) in [6.07, 6.45) is 1.07. The monoisotopic (exact) mass is 272 g/mol. The summed E-state index contributed by atoms with van der Waals surface area (Å²) < 4.78 is 32.8. The molecular formula is C12H16O5S. The fraction of sp³-hybridized carbons (Fsp3) is 0.417. The Bertz CT molecular complexity index is 521. The number of carbonyl (C=O) groups is 1. The first-order valence-corrected chi connectivity index (χ1v) is 7.43. The molecule has 18 heavy (non-hydrogen) atoms. The Morgan fingerprint density at radius 1 is 1.33 bits per heavy atom. The number of hydrogen-bond donors (Lipinski definition) is 0. The maximum atomic E-state index is 11.6. The highest BCUT2D eigenvalue weighted by atomic mass is 32.2. The lowest BCUT2D eigenvalue weighted by Crippen LogP contribution is -2.23. The van der Waals surface area contributed by atoms with Crippen molar-refractivity contribution in [1.82, 2.24) is 0 Å². The zero-order chi connectivity index (χ0) is 13.8. The van der Waals surface area contributed by atoms with Crippen LogP contribution in [0.15, 0.2) is 24.3 Å². The molecule has 1 aromatic carbocycles. The number of carbonyl (C=O) groups excluding carboxylic acids is 1. The molecule has 0 saturated heterocycles. The summed E-state index contributed by atoms with van der Waals surface area (Å²) >= 11 is 0. The molecule has 0 radical (unpaired) electrons. The highest BCUT2D eigenvalue weighted by Gasteiger charge is 2.20. The predicted octanol–water partition coefficient (Wildman–Crippen LogP) is 1.63. The summed E-state index contributed by atoms with van der Waals surface area (Å²) in [5, 5.41) is 0. The van der Waals surface area contributed by atoms with Gasteiger partial charge in [-0.15, -0.1) is 0 Å². The quantitative estimate of drug-likeness (QED) is 0.762. The Kier molecular flexibility index (Phi) is 4.72. The standard InChI is InChI=1S/C12H16O5S/c1-4-16-12(13)10-7-5-6-8-11(10)17-9(2)18(3,14)15/h5-9H,4H2,1-3H3. The molecule has 0 heterocycles. The van der Waals surface area contributed by atoms with Gasteiger partial charge in [-0.1, -0.05) is 12.1 Å². The van der Waals surface area contributed by atoms with Crippen LogP contribution in [0.5, 0.6) is 5.75 Å². The maximum absolute atomic E-state index is 11.6. The smallest absolute Gasteiger partial charge is 0.341 e. The van der Waals surface area contributed by atoms with Crippen LogP contribution in [0.3, 0.4) is 0 Å². The van der Waals surface area contributed by atoms with E-state index in [1.807, 2.05) is 0 Å². The Hall–Kier alpha value is -1.56. The minimum absolute atomic E-state index is 0.203. The molecule has 0 bridgehead atoms. The van der Waals surface area contributed by atoms with Gasteiger partial charge >= 0.3 is 5.97 Å². The average molecular weight is 272 g/mol. The summed E-state index contributed by atoms with van der Waals surface area (Å²) in [6.45, 7) is 3.35. The third-order valence-corrected chi connectivity index (χ3v) is 3.58. The van der Waals surface area contributed by atoms with E-state index in [1.165, 1.54) is 19.1 Å². The first-order valence-electron chi connectivity index (χ1n) is 5.48. The number of sulfone groups is 1. The number of rotatable bonds is 5. The van der Waals surface area contributed by atoms with Crippen LogP contribution in [0.1, 0.15) is 24.2 Å². The number of benzene rings is 1. The SMILES string of the molecule is CCOC(=O)c1ccccc1OC(C)S(C)(=O)=O. The first kappa shape index (κ1) is 14.5. The summed E-state index contributed by atoms with van der Waals surface area (Å²) in [5.74, 6) is -0.331. The minimum Gasteiger partial charge on any atom is -0.474 e. The van der Waals surface area contributed by atoms with Crippen molar-refractivity contribution in [2.24, 2.45) is 0 Å². The molecule has 0 aliphatic carbocycles. The van der Waals surface area contributed by atoms with Crippen molar-refractivity contribution in [2.75, 3.05) is 12.9 Å². The van der Waals surface area contributed by atoms with Crippen LogP contribution in [0.25, 0.3) is 0 Å². The van der Waals surface area contributed by atoms with Crippen LogP contribution in [-0.4, -0.2) is 32.7 Å². The highest BCUT2D eigenvalue weighted by molar-refractivity contribution is 7.91. The molecule has 0 saturated carbocycles. The number of ether oxygens (including phenoxy) is 2. The summed E-state index contributed by atoms with van der Waals surface area (Å²) in [7, 11) is -3.33. The van der Waals surface area contributed by atoms with E-state index in [0.717, 1.165) is 6.26 Å². The van der Waals surface area contributed by atoms with E-state index in [4.69, 9.17) is 9.47 Å². The molecule has 1 aromatic rings. The molecule has 0 fully saturated rings. The predicted molar refractivity (Wildman–Crippen MR) is 67.3 cm³/mol. The van der Waals surface area contributed by atoms with E-state index < -0.39 is 21.2 Å². The Labute approximate surface area is 107 Å². The largest absolute Gasteiger partial charge is 0.474 e. The van der Waals surface area contributed by atoms with Crippen LogP contribution < -0.4 is 4.74 Å². The summed E-state index contributed by atoms with van der Waals surface area (Å²) in [5.41, 5.74) is -0.803. The molecule has 0 aromatic heterocycles. The van der Waals surface area contributed by atoms with E-state index in [9.17, 15) is 13.2 Å². The average Bonchev–Trinajstić information content (AvgIpc) is 2.28. The first-order chi connectivity index (χ1) is 8.36. The van der Waals surface area contributed by atoms with Crippen molar-refractivity contribution < 1.29 is 22.7 Å². The fourth-order valence-electron chi connectivity index (χ4n) is 1.21. The lowest BCUT2D eigenvalue weighted by Gasteiger charge is -2.15. The number of hydrogen-bond acceptors (Lipinski definition) is 5. The number of para-hydroxylation sites is 1. The summed E-state index contributed by atoms with van der Waals surface area (Å²) in [6, 6.07) is 6.38. The van der Waals surface area contributed by atoms with Gasteiger partial charge in [-0.2, -0.15) is 0 Å². The third kappa shape index (κ3) is 3.73. The van der Waals surface area contributed by atoms with Gasteiger partial charge in [-0.3, -0.25) is 0 Å². The maximum Gasteiger partial charge on any atom is 0.341 e. The van der Waals surface area contributed by atoms with Crippen LogP contribution in [0, 0.1) is 0 Å². The van der Waals surface area contributed by atoms with Gasteiger partial charge in [0.1, 0.15) is 11.3 Å². The number of esters is 1. The van der Waals surface area contributed by atoms with Gasteiger partial charge in [-0.25, -0.2) is 13.2 Å². The molecule has 0 N–H and O–H groups in total. The van der Waals surface area contributed by atoms with Crippen molar-refractivity contribution in [3.05, 3.63) is 29.8 Å². The van der Waals surface area contributed by atoms with Crippen molar-refractivity contribution >= 4 is 15.8 Å². The lowest BCUT2D eigenvalue weighted by atomic mass is 10.2. The zero-order valence-corrected chi connectivity index (χ0v) is 11.4. The van der Waals surface area contributed by atoms with Crippen LogP contribution in [0.2, 0.25) is 0 Å². The highest BCUT2D eigenvalue weighted by Crippen LogP contribution is 2.21. The second kappa shape index (κ2) is 5.86. The van der Waals surface area contributed by atoms with Gasteiger partial charge < -0.3 is 9.47 Å². The van der Waals surface area contributed by atoms with Gasteiger partial charge in [0.25, 0.3) is 0 Å². The van der Waals surface area contributed by atoms with Crippen LogP contribution in [0.4, 0.5) is 0 Å². The van der Waals surface area contributed by atoms with Gasteiger partial charge in [0.2, 0.25) is 0 Å². The topological polar surface area (TPSA) is 69.7 Å². The molecule has 1 unspecified atom stereocenters. The van der Waals surface area contributed by atoms with E-state index in [-0.39, 0.29) is 17.9 Å².